The van der Waals surface area contributed by atoms with E-state index in [1.807, 2.05) is 24.3 Å². The van der Waals surface area contributed by atoms with Crippen LogP contribution in [0.3, 0.4) is 0 Å². The Kier molecular flexibility index (Phi) is 12.6. The van der Waals surface area contributed by atoms with E-state index in [1.54, 1.807) is 48.2 Å². The Labute approximate surface area is 356 Å². The number of halogens is 6. The van der Waals surface area contributed by atoms with Crippen molar-refractivity contribution in [1.82, 2.24) is 20.2 Å². The number of benzene rings is 3. The van der Waals surface area contributed by atoms with Crippen molar-refractivity contribution in [2.45, 2.75) is 39.2 Å². The van der Waals surface area contributed by atoms with E-state index in [9.17, 15) is 14.3 Å². The molecule has 1 atom stereocenters. The number of hydrogen-bond acceptors (Lipinski definition) is 11. The third-order valence-electron chi connectivity index (χ3n) is 10.1. The zero-order valence-corrected chi connectivity index (χ0v) is 34.4. The molecule has 13 nitrogen and oxygen atoms in total. The van der Waals surface area contributed by atoms with Crippen LogP contribution in [0.15, 0.2) is 90.1 Å². The van der Waals surface area contributed by atoms with Gasteiger partial charge in [-0.25, -0.2) is 23.5 Å². The third kappa shape index (κ3) is 8.81. The Morgan fingerprint density at radius 1 is 1.06 bits per heavy atom. The fourth-order valence-corrected chi connectivity index (χ4v) is 7.56. The Bertz CT molecular complexity index is 2600. The van der Waals surface area contributed by atoms with Crippen LogP contribution in [0, 0.1) is 12.7 Å². The fraction of sp³-hybridized carbons (Fsp3) is 0.256. The second-order valence-corrected chi connectivity index (χ2v) is 14.4. The molecule has 19 heteroatoms. The lowest BCUT2D eigenvalue weighted by Crippen LogP contribution is -2.45. The molecule has 0 saturated carbocycles. The van der Waals surface area contributed by atoms with Crippen molar-refractivity contribution in [3.63, 3.8) is 0 Å². The first-order valence-corrected chi connectivity index (χ1v) is 19.3. The van der Waals surface area contributed by atoms with Gasteiger partial charge in [0.2, 0.25) is 0 Å². The molecule has 324 valence electrons. The van der Waals surface area contributed by atoms with Crippen molar-refractivity contribution in [3.8, 4) is 28.5 Å². The SMILES string of the molecule is COc1ccc(CN(Cc2ccc(OC)cc2)c2cc(C)c(C(F)(F)F)c(-c3c(F)c4c5c(c3Cl)=NCNC=5N(C(C)c3cccnc3NC(=O)O)C=C(OCCF)O4)n2)cc1. The number of rotatable bonds is 14. The summed E-state index contributed by atoms with van der Waals surface area (Å²) in [5, 5.41) is 14.1. The van der Waals surface area contributed by atoms with Crippen LogP contribution in [0.1, 0.15) is 40.8 Å². The average molecular weight is 880 g/mol. The van der Waals surface area contributed by atoms with Crippen LogP contribution in [0.5, 0.6) is 17.2 Å². The van der Waals surface area contributed by atoms with Crippen LogP contribution in [0.2, 0.25) is 5.02 Å². The Balaban J connectivity index is 1.45. The number of aromatic nitrogens is 2. The van der Waals surface area contributed by atoms with Gasteiger partial charge in [-0.3, -0.25) is 10.3 Å². The number of carboxylic acid groups (broad SMARTS) is 1. The van der Waals surface area contributed by atoms with Gasteiger partial charge < -0.3 is 39.2 Å². The van der Waals surface area contributed by atoms with Gasteiger partial charge in [0.25, 0.3) is 0 Å². The number of hydrogen-bond donors (Lipinski definition) is 3. The van der Waals surface area contributed by atoms with Gasteiger partial charge in [-0.1, -0.05) is 41.9 Å². The van der Waals surface area contributed by atoms with Crippen LogP contribution in [-0.2, 0) is 24.0 Å². The molecule has 0 fully saturated rings. The lowest BCUT2D eigenvalue weighted by Gasteiger charge is -2.31. The standard InChI is InChI=1S/C43H39ClF5N7O6/c1-23-18-30(55(19-25-7-11-27(59-3)12-8-25)20-26-9-13-28(60-4)14-10-26)53-37(34(23)43(47,48)49)32-35(44)38-33-39(36(32)46)62-31(61-17-15-45)21-56(41(33)52-22-51-38)24(2)29-6-5-16-50-40(29)54-42(57)58/h5-14,16,18,21,24,52H,15,17,19-20,22H2,1-4H3,(H,50,54)(H,57,58). The predicted molar refractivity (Wildman–Crippen MR) is 219 cm³/mol. The highest BCUT2D eigenvalue weighted by Crippen LogP contribution is 2.44. The quantitative estimate of drug-likeness (QED) is 0.0933. The van der Waals surface area contributed by atoms with Crippen LogP contribution in [-0.4, -0.2) is 60.2 Å². The van der Waals surface area contributed by atoms with E-state index in [1.165, 1.54) is 44.5 Å². The molecule has 0 aliphatic carbocycles. The predicted octanol–water partition coefficient (Wildman–Crippen LogP) is 8.06. The number of alkyl halides is 4. The van der Waals surface area contributed by atoms with Gasteiger partial charge in [-0.15, -0.1) is 0 Å². The largest absolute Gasteiger partial charge is 0.497 e. The normalized spacial score (nSPS) is 13.7. The monoisotopic (exact) mass is 879 g/mol. The molecule has 1 unspecified atom stereocenters. The summed E-state index contributed by atoms with van der Waals surface area (Å²) < 4.78 is 99.2. The molecule has 2 aromatic heterocycles. The first kappa shape index (κ1) is 43.3. The molecule has 4 heterocycles. The summed E-state index contributed by atoms with van der Waals surface area (Å²) >= 11 is 7.03. The number of nitrogens with zero attached hydrogens (tertiary/aromatic N) is 5. The second kappa shape index (κ2) is 18.0. The van der Waals surface area contributed by atoms with Crippen molar-refractivity contribution >= 4 is 35.2 Å². The summed E-state index contributed by atoms with van der Waals surface area (Å²) in [4.78, 5) is 28.1. The first-order chi connectivity index (χ1) is 29.7. The van der Waals surface area contributed by atoms with Crippen molar-refractivity contribution in [1.29, 1.82) is 0 Å². The van der Waals surface area contributed by atoms with E-state index in [2.05, 4.69) is 25.6 Å². The van der Waals surface area contributed by atoms with E-state index in [0.29, 0.717) is 17.1 Å². The van der Waals surface area contributed by atoms with Gasteiger partial charge in [0.05, 0.1) is 58.9 Å². The van der Waals surface area contributed by atoms with Crippen LogP contribution < -0.4 is 40.3 Å². The van der Waals surface area contributed by atoms with E-state index >= 15 is 17.6 Å². The maximum absolute atomic E-state index is 17.6. The summed E-state index contributed by atoms with van der Waals surface area (Å²) in [6, 6.07) is 17.9. The van der Waals surface area contributed by atoms with E-state index in [4.69, 9.17) is 30.5 Å². The zero-order valence-electron chi connectivity index (χ0n) is 33.6. The molecule has 7 rings (SSSR count). The van der Waals surface area contributed by atoms with Crippen LogP contribution in [0.4, 0.5) is 38.4 Å². The Hall–Kier alpha value is -6.82. The van der Waals surface area contributed by atoms with Gasteiger partial charge >= 0.3 is 18.2 Å². The summed E-state index contributed by atoms with van der Waals surface area (Å²) in [5.41, 5.74) is -1.21. The van der Waals surface area contributed by atoms with E-state index in [0.717, 1.165) is 11.1 Å². The Morgan fingerprint density at radius 3 is 2.29 bits per heavy atom. The molecular weight excluding hydrogens is 841 g/mol. The summed E-state index contributed by atoms with van der Waals surface area (Å²) in [5.74, 6) is -1.04. The molecule has 0 saturated heterocycles. The molecule has 2 aliphatic rings. The fourth-order valence-electron chi connectivity index (χ4n) is 7.23. The number of amides is 1. The highest BCUT2D eigenvalue weighted by molar-refractivity contribution is 6.33. The minimum Gasteiger partial charge on any atom is -0.497 e. The number of ether oxygens (including phenoxy) is 4. The number of nitrogens with one attached hydrogen (secondary N) is 2. The molecule has 0 radical (unpaired) electrons. The minimum atomic E-state index is -5.05. The maximum Gasteiger partial charge on any atom is 0.418 e. The van der Waals surface area contributed by atoms with Gasteiger partial charge in [-0.2, -0.15) is 13.2 Å². The van der Waals surface area contributed by atoms with Crippen molar-refractivity contribution in [3.05, 3.63) is 134 Å². The summed E-state index contributed by atoms with van der Waals surface area (Å²) in [6.07, 6.45) is -3.77. The average Bonchev–Trinajstić information content (AvgIpc) is 3.42. The van der Waals surface area contributed by atoms with Gasteiger partial charge in [0, 0.05) is 24.8 Å². The molecule has 62 heavy (non-hydrogen) atoms. The highest BCUT2D eigenvalue weighted by Gasteiger charge is 2.40. The summed E-state index contributed by atoms with van der Waals surface area (Å²) in [7, 11) is 3.06. The smallest absolute Gasteiger partial charge is 0.418 e. The van der Waals surface area contributed by atoms with Crippen molar-refractivity contribution in [2.24, 2.45) is 4.99 Å². The van der Waals surface area contributed by atoms with Gasteiger partial charge in [0.1, 0.15) is 48.9 Å². The third-order valence-corrected chi connectivity index (χ3v) is 10.5. The molecule has 0 spiro atoms. The summed E-state index contributed by atoms with van der Waals surface area (Å²) in [6.45, 7) is 1.55. The number of anilines is 2. The number of methoxy groups -OCH3 is 2. The Morgan fingerprint density at radius 2 is 1.71 bits per heavy atom. The topological polar surface area (TPSA) is 143 Å². The molecule has 5 aromatic rings. The minimum absolute atomic E-state index is 0.0209. The lowest BCUT2D eigenvalue weighted by molar-refractivity contribution is -0.137. The maximum atomic E-state index is 17.6. The van der Waals surface area contributed by atoms with E-state index < -0.39 is 70.9 Å². The van der Waals surface area contributed by atoms with Crippen molar-refractivity contribution < 1.29 is 50.8 Å². The van der Waals surface area contributed by atoms with Crippen LogP contribution in [0.25, 0.3) is 17.1 Å². The molecule has 1 amide bonds. The first-order valence-electron chi connectivity index (χ1n) is 19.0. The zero-order chi connectivity index (χ0) is 44.3. The van der Waals surface area contributed by atoms with Crippen molar-refractivity contribution in [2.75, 3.05) is 44.4 Å². The second-order valence-electron chi connectivity index (χ2n) is 14.0. The number of pyridine rings is 2. The molecule has 2 aliphatic heterocycles. The van der Waals surface area contributed by atoms with Crippen LogP contribution >= 0.6 is 11.6 Å². The number of carbonyl (C=O) groups is 1. The molecule has 3 aromatic carbocycles. The van der Waals surface area contributed by atoms with Gasteiger partial charge in [0.15, 0.2) is 11.6 Å². The lowest BCUT2D eigenvalue weighted by atomic mass is 9.98. The highest BCUT2D eigenvalue weighted by atomic mass is 35.5. The molecule has 3 N–H and O–H groups in total. The molecule has 0 bridgehead atoms. The van der Waals surface area contributed by atoms with E-state index in [-0.39, 0.29) is 53.4 Å². The number of aryl methyl sites for hydroxylation is 1. The molecular formula is C43H39ClF5N7O6. The van der Waals surface area contributed by atoms with Gasteiger partial charge in [-0.05, 0) is 66.9 Å².